The van der Waals surface area contributed by atoms with Crippen molar-refractivity contribution in [3.05, 3.63) is 54.4 Å². The van der Waals surface area contributed by atoms with Crippen LogP contribution in [0.4, 0.5) is 0 Å². The molecule has 0 aliphatic heterocycles. The summed E-state index contributed by atoms with van der Waals surface area (Å²) >= 11 is 0. The monoisotopic (exact) mass is 311 g/mol. The molecule has 0 bridgehead atoms. The Labute approximate surface area is 134 Å². The molecule has 0 amide bonds. The van der Waals surface area contributed by atoms with Gasteiger partial charge in [0.2, 0.25) is 0 Å². The summed E-state index contributed by atoms with van der Waals surface area (Å²) in [6.45, 7) is 0.378. The fraction of sp³-hybridized carbons (Fsp3) is 0.176. The van der Waals surface area contributed by atoms with Crippen LogP contribution < -0.4 is 14.2 Å². The van der Waals surface area contributed by atoms with Crippen molar-refractivity contribution in [1.82, 2.24) is 15.4 Å². The van der Waals surface area contributed by atoms with E-state index in [0.29, 0.717) is 6.61 Å². The van der Waals surface area contributed by atoms with Crippen molar-refractivity contribution >= 4 is 0 Å². The third-order valence-corrected chi connectivity index (χ3v) is 3.39. The average molecular weight is 311 g/mol. The molecular weight excluding hydrogens is 294 g/mol. The second-order valence-electron chi connectivity index (χ2n) is 4.88. The number of aromatic nitrogens is 3. The van der Waals surface area contributed by atoms with Crippen molar-refractivity contribution in [2.24, 2.45) is 0 Å². The molecule has 1 aromatic heterocycles. The molecule has 118 valence electrons. The van der Waals surface area contributed by atoms with Gasteiger partial charge in [-0.15, -0.1) is 5.10 Å². The summed E-state index contributed by atoms with van der Waals surface area (Å²) in [5, 5.41) is 10.2. The first-order chi connectivity index (χ1) is 11.3. The number of H-pyrrole nitrogens is 1. The van der Waals surface area contributed by atoms with Gasteiger partial charge in [0.15, 0.2) is 0 Å². The number of nitrogens with zero attached hydrogens (tertiary/aromatic N) is 2. The Morgan fingerprint density at radius 2 is 1.57 bits per heavy atom. The largest absolute Gasteiger partial charge is 0.497 e. The fourth-order valence-corrected chi connectivity index (χ4v) is 2.17. The maximum Gasteiger partial charge on any atom is 0.134 e. The van der Waals surface area contributed by atoms with Crippen molar-refractivity contribution < 1.29 is 14.2 Å². The summed E-state index contributed by atoms with van der Waals surface area (Å²) in [4.78, 5) is 0. The number of aromatic amines is 1. The lowest BCUT2D eigenvalue weighted by atomic mass is 10.0. The van der Waals surface area contributed by atoms with Crippen molar-refractivity contribution in [2.45, 2.75) is 6.61 Å². The molecule has 0 atom stereocenters. The van der Waals surface area contributed by atoms with Gasteiger partial charge in [-0.05, 0) is 35.4 Å². The fourth-order valence-electron chi connectivity index (χ4n) is 2.17. The molecule has 0 fully saturated rings. The van der Waals surface area contributed by atoms with E-state index in [1.807, 2.05) is 42.5 Å². The molecule has 2 aromatic carbocycles. The lowest BCUT2D eigenvalue weighted by molar-refractivity contribution is 0.301. The van der Waals surface area contributed by atoms with Crippen LogP contribution in [-0.2, 0) is 6.61 Å². The molecule has 0 aliphatic rings. The average Bonchev–Trinajstić information content (AvgIpc) is 3.13. The van der Waals surface area contributed by atoms with E-state index in [1.165, 1.54) is 0 Å². The third kappa shape index (κ3) is 3.60. The lowest BCUT2D eigenvalue weighted by Gasteiger charge is -2.09. The van der Waals surface area contributed by atoms with Crippen molar-refractivity contribution in [3.63, 3.8) is 0 Å². The molecule has 1 heterocycles. The van der Waals surface area contributed by atoms with Gasteiger partial charge in [-0.25, -0.2) is 0 Å². The van der Waals surface area contributed by atoms with E-state index in [4.69, 9.17) is 14.2 Å². The Hall–Kier alpha value is -3.02. The van der Waals surface area contributed by atoms with E-state index in [9.17, 15) is 0 Å². The van der Waals surface area contributed by atoms with Gasteiger partial charge in [0, 0.05) is 12.3 Å². The Morgan fingerprint density at radius 3 is 2.13 bits per heavy atom. The highest BCUT2D eigenvalue weighted by atomic mass is 16.5. The second kappa shape index (κ2) is 6.83. The van der Waals surface area contributed by atoms with Gasteiger partial charge >= 0.3 is 0 Å². The van der Waals surface area contributed by atoms with Gasteiger partial charge in [-0.2, -0.15) is 0 Å². The number of ether oxygens (including phenoxy) is 3. The van der Waals surface area contributed by atoms with Gasteiger partial charge in [0.1, 0.15) is 29.5 Å². The van der Waals surface area contributed by atoms with Gasteiger partial charge in [-0.3, -0.25) is 5.10 Å². The normalized spacial score (nSPS) is 10.3. The molecule has 6 nitrogen and oxygen atoms in total. The smallest absolute Gasteiger partial charge is 0.134 e. The lowest BCUT2D eigenvalue weighted by Crippen LogP contribution is -1.95. The van der Waals surface area contributed by atoms with E-state index >= 15 is 0 Å². The van der Waals surface area contributed by atoms with Crippen LogP contribution in [0.1, 0.15) is 5.69 Å². The number of methoxy groups -OCH3 is 2. The Morgan fingerprint density at radius 1 is 0.870 bits per heavy atom. The number of rotatable bonds is 6. The Balaban J connectivity index is 1.76. The van der Waals surface area contributed by atoms with Crippen molar-refractivity contribution in [1.29, 1.82) is 0 Å². The van der Waals surface area contributed by atoms with Crippen LogP contribution in [0.3, 0.4) is 0 Å². The highest BCUT2D eigenvalue weighted by molar-refractivity contribution is 5.67. The molecule has 1 N–H and O–H groups in total. The van der Waals surface area contributed by atoms with Gasteiger partial charge < -0.3 is 14.2 Å². The van der Waals surface area contributed by atoms with Crippen molar-refractivity contribution in [3.8, 4) is 28.4 Å². The second-order valence-corrected chi connectivity index (χ2v) is 4.88. The van der Waals surface area contributed by atoms with Crippen LogP contribution in [-0.4, -0.2) is 29.6 Å². The summed E-state index contributed by atoms with van der Waals surface area (Å²) < 4.78 is 16.3. The number of nitrogens with one attached hydrogen (secondary N) is 1. The first-order valence-corrected chi connectivity index (χ1v) is 7.10. The van der Waals surface area contributed by atoms with E-state index in [2.05, 4.69) is 15.4 Å². The third-order valence-electron chi connectivity index (χ3n) is 3.39. The van der Waals surface area contributed by atoms with Crippen LogP contribution in [0.5, 0.6) is 17.2 Å². The molecule has 0 unspecified atom stereocenters. The molecule has 0 spiro atoms. The summed E-state index contributed by atoms with van der Waals surface area (Å²) in [5.41, 5.74) is 2.83. The first kappa shape index (κ1) is 14.9. The van der Waals surface area contributed by atoms with Gasteiger partial charge in [0.05, 0.1) is 14.2 Å². The summed E-state index contributed by atoms with van der Waals surface area (Å²) in [6.07, 6.45) is 1.71. The zero-order chi connectivity index (χ0) is 16.1. The van der Waals surface area contributed by atoms with E-state index in [1.54, 1.807) is 20.4 Å². The highest BCUT2D eigenvalue weighted by Crippen LogP contribution is 2.30. The molecule has 6 heteroatoms. The van der Waals surface area contributed by atoms with Crippen LogP contribution in [0, 0.1) is 0 Å². The molecular formula is C17H17N3O3. The van der Waals surface area contributed by atoms with Crippen LogP contribution in [0.2, 0.25) is 0 Å². The predicted molar refractivity (Wildman–Crippen MR) is 85.7 cm³/mol. The quantitative estimate of drug-likeness (QED) is 0.757. The Bertz CT molecular complexity index is 733. The van der Waals surface area contributed by atoms with Crippen LogP contribution in [0.25, 0.3) is 11.1 Å². The number of hydrogen-bond acceptors (Lipinski definition) is 5. The van der Waals surface area contributed by atoms with E-state index < -0.39 is 0 Å². The molecule has 3 rings (SSSR count). The highest BCUT2D eigenvalue weighted by Gasteiger charge is 2.05. The van der Waals surface area contributed by atoms with Crippen LogP contribution in [0.15, 0.2) is 48.7 Å². The summed E-state index contributed by atoms with van der Waals surface area (Å²) in [7, 11) is 3.28. The van der Waals surface area contributed by atoms with Gasteiger partial charge in [-0.1, -0.05) is 17.3 Å². The minimum Gasteiger partial charge on any atom is -0.497 e. The number of hydrogen-bond donors (Lipinski definition) is 1. The SMILES string of the molecule is COc1cc(OC)cc(-c2ccc(OCc3c[nH]nn3)cc2)c1. The van der Waals surface area contributed by atoms with E-state index in [-0.39, 0.29) is 0 Å². The maximum absolute atomic E-state index is 5.66. The van der Waals surface area contributed by atoms with Crippen LogP contribution >= 0.6 is 0 Å². The molecule has 0 aliphatic carbocycles. The maximum atomic E-state index is 5.66. The molecule has 0 saturated carbocycles. The molecule has 23 heavy (non-hydrogen) atoms. The summed E-state index contributed by atoms with van der Waals surface area (Å²) in [6, 6.07) is 13.6. The molecule has 0 saturated heterocycles. The standard InChI is InChI=1S/C17H17N3O3/c1-21-16-7-13(8-17(9-16)22-2)12-3-5-15(6-4-12)23-11-14-10-18-20-19-14/h3-10H,11H2,1-2H3,(H,18,19,20). The zero-order valence-corrected chi connectivity index (χ0v) is 12.9. The summed E-state index contributed by atoms with van der Waals surface area (Å²) in [5.74, 6) is 2.28. The van der Waals surface area contributed by atoms with Crippen molar-refractivity contribution in [2.75, 3.05) is 14.2 Å². The predicted octanol–water partition coefficient (Wildman–Crippen LogP) is 3.07. The topological polar surface area (TPSA) is 69.3 Å². The first-order valence-electron chi connectivity index (χ1n) is 7.10. The molecule has 0 radical (unpaired) electrons. The number of benzene rings is 2. The minimum absolute atomic E-state index is 0.378. The minimum atomic E-state index is 0.378. The Kier molecular flexibility index (Phi) is 4.42. The zero-order valence-electron chi connectivity index (χ0n) is 12.9. The van der Waals surface area contributed by atoms with Gasteiger partial charge in [0.25, 0.3) is 0 Å². The molecule has 3 aromatic rings. The van der Waals surface area contributed by atoms with E-state index in [0.717, 1.165) is 34.1 Å².